The lowest BCUT2D eigenvalue weighted by Crippen LogP contribution is -2.49. The first-order valence-corrected chi connectivity index (χ1v) is 11.2. The molecule has 1 amide bonds. The number of fused-ring (bicyclic) bond motifs is 1. The summed E-state index contributed by atoms with van der Waals surface area (Å²) < 4.78 is 39.2. The number of halogens is 1. The summed E-state index contributed by atoms with van der Waals surface area (Å²) in [7, 11) is -3.75. The largest absolute Gasteiger partial charge is 0.350 e. The number of hydrogen-bond acceptors (Lipinski definition) is 3. The Labute approximate surface area is 170 Å². The number of nitrogens with zero attached hydrogens (tertiary/aromatic N) is 1. The predicted molar refractivity (Wildman–Crippen MR) is 114 cm³/mol. The van der Waals surface area contributed by atoms with Crippen LogP contribution in [0.25, 0.3) is 10.8 Å². The first kappa shape index (κ1) is 20.8. The van der Waals surface area contributed by atoms with Gasteiger partial charge in [-0.3, -0.25) is 9.10 Å². The number of nitrogens with one attached hydrogen (secondary N) is 1. The molecular weight excluding hydrogens is 391 g/mol. The quantitative estimate of drug-likeness (QED) is 0.639. The van der Waals surface area contributed by atoms with Gasteiger partial charge in [0, 0.05) is 6.54 Å². The second-order valence-corrected chi connectivity index (χ2v) is 8.67. The Hall–Kier alpha value is -2.93. The van der Waals surface area contributed by atoms with E-state index in [0.29, 0.717) is 0 Å². The average molecular weight is 415 g/mol. The fraction of sp³-hybridized carbons (Fsp3) is 0.227. The van der Waals surface area contributed by atoms with E-state index < -0.39 is 27.8 Å². The van der Waals surface area contributed by atoms with E-state index in [1.807, 2.05) is 42.5 Å². The first-order valence-electron chi connectivity index (χ1n) is 9.30. The second kappa shape index (κ2) is 8.61. The minimum Gasteiger partial charge on any atom is -0.350 e. The second-order valence-electron chi connectivity index (χ2n) is 6.82. The van der Waals surface area contributed by atoms with Gasteiger partial charge in [0.25, 0.3) is 0 Å². The van der Waals surface area contributed by atoms with Gasteiger partial charge in [-0.1, -0.05) is 49.4 Å². The highest BCUT2D eigenvalue weighted by Crippen LogP contribution is 2.23. The van der Waals surface area contributed by atoms with E-state index in [1.165, 1.54) is 24.3 Å². The van der Waals surface area contributed by atoms with Crippen LogP contribution in [0.5, 0.6) is 0 Å². The molecule has 0 aliphatic carbocycles. The van der Waals surface area contributed by atoms with Gasteiger partial charge in [-0.15, -0.1) is 0 Å². The Morgan fingerprint density at radius 1 is 1.03 bits per heavy atom. The van der Waals surface area contributed by atoms with Crippen LogP contribution in [0.15, 0.2) is 66.7 Å². The lowest BCUT2D eigenvalue weighted by molar-refractivity contribution is -0.122. The van der Waals surface area contributed by atoms with Crippen molar-refractivity contribution in [2.24, 2.45) is 0 Å². The zero-order valence-electron chi connectivity index (χ0n) is 16.3. The number of sulfonamides is 1. The number of amides is 1. The van der Waals surface area contributed by atoms with Crippen molar-refractivity contribution in [1.29, 1.82) is 0 Å². The number of benzene rings is 3. The molecule has 0 unspecified atom stereocenters. The van der Waals surface area contributed by atoms with Crippen LogP contribution in [0.3, 0.4) is 0 Å². The van der Waals surface area contributed by atoms with Crippen LogP contribution in [0.4, 0.5) is 10.1 Å². The summed E-state index contributed by atoms with van der Waals surface area (Å²) >= 11 is 0. The van der Waals surface area contributed by atoms with Crippen LogP contribution >= 0.6 is 0 Å². The van der Waals surface area contributed by atoms with Gasteiger partial charge in [0.05, 0.1) is 11.9 Å². The van der Waals surface area contributed by atoms with Crippen LogP contribution < -0.4 is 9.62 Å². The highest BCUT2D eigenvalue weighted by molar-refractivity contribution is 7.92. The number of hydrogen-bond donors (Lipinski definition) is 1. The van der Waals surface area contributed by atoms with E-state index in [-0.39, 0.29) is 18.7 Å². The van der Waals surface area contributed by atoms with E-state index in [2.05, 4.69) is 5.32 Å². The third-order valence-electron chi connectivity index (χ3n) is 4.74. The Morgan fingerprint density at radius 3 is 2.34 bits per heavy atom. The Kier molecular flexibility index (Phi) is 6.17. The topological polar surface area (TPSA) is 66.5 Å². The number of carbonyl (C=O) groups excluding carboxylic acids is 1. The molecule has 0 spiro atoms. The molecule has 7 heteroatoms. The predicted octanol–water partition coefficient (Wildman–Crippen LogP) is 3.84. The molecule has 0 bridgehead atoms. The molecule has 0 aliphatic heterocycles. The van der Waals surface area contributed by atoms with Crippen molar-refractivity contribution in [2.45, 2.75) is 25.9 Å². The average Bonchev–Trinajstić information content (AvgIpc) is 2.70. The Balaban J connectivity index is 1.85. The molecule has 3 aromatic rings. The van der Waals surface area contributed by atoms with E-state index >= 15 is 0 Å². The molecule has 152 valence electrons. The van der Waals surface area contributed by atoms with Crippen LogP contribution in [0, 0.1) is 5.82 Å². The molecule has 5 nitrogen and oxygen atoms in total. The fourth-order valence-electron chi connectivity index (χ4n) is 3.40. The van der Waals surface area contributed by atoms with Gasteiger partial charge in [0.2, 0.25) is 15.9 Å². The standard InChI is InChI=1S/C22H23FN2O3S/c1-3-21(25(29(2,27)28)19-13-11-18(23)12-14-19)22(26)24-15-17-9-6-8-16-7-4-5-10-20(16)17/h4-14,21H,3,15H2,1-2H3,(H,24,26)/t21-/m1/s1. The normalized spacial score (nSPS) is 12.5. The van der Waals surface area contributed by atoms with Crippen molar-refractivity contribution < 1.29 is 17.6 Å². The molecule has 3 rings (SSSR count). The van der Waals surface area contributed by atoms with Crippen molar-refractivity contribution in [2.75, 3.05) is 10.6 Å². The zero-order chi connectivity index (χ0) is 21.0. The monoisotopic (exact) mass is 414 g/mol. The molecule has 1 N–H and O–H groups in total. The van der Waals surface area contributed by atoms with E-state index in [1.54, 1.807) is 6.92 Å². The molecule has 3 aromatic carbocycles. The third kappa shape index (κ3) is 4.74. The molecule has 0 aromatic heterocycles. The maximum Gasteiger partial charge on any atom is 0.244 e. The molecule has 0 radical (unpaired) electrons. The molecule has 0 heterocycles. The van der Waals surface area contributed by atoms with E-state index in [0.717, 1.165) is 26.9 Å². The van der Waals surface area contributed by atoms with E-state index in [4.69, 9.17) is 0 Å². The van der Waals surface area contributed by atoms with Crippen molar-refractivity contribution in [1.82, 2.24) is 5.32 Å². The van der Waals surface area contributed by atoms with Crippen LogP contribution in [-0.2, 0) is 21.4 Å². The smallest absolute Gasteiger partial charge is 0.244 e. The SMILES string of the molecule is CC[C@H](C(=O)NCc1cccc2ccccc12)N(c1ccc(F)cc1)S(C)(=O)=O. The maximum atomic E-state index is 13.3. The Bertz CT molecular complexity index is 1110. The summed E-state index contributed by atoms with van der Waals surface area (Å²) in [4.78, 5) is 12.9. The van der Waals surface area contributed by atoms with Gasteiger partial charge < -0.3 is 5.32 Å². The lowest BCUT2D eigenvalue weighted by atomic mass is 10.0. The number of rotatable bonds is 7. The van der Waals surface area contributed by atoms with Gasteiger partial charge in [-0.05, 0) is 47.0 Å². The van der Waals surface area contributed by atoms with Gasteiger partial charge >= 0.3 is 0 Å². The molecule has 0 aliphatic rings. The molecule has 0 saturated carbocycles. The third-order valence-corrected chi connectivity index (χ3v) is 5.92. The van der Waals surface area contributed by atoms with Crippen molar-refractivity contribution >= 4 is 32.4 Å². The molecule has 29 heavy (non-hydrogen) atoms. The summed E-state index contributed by atoms with van der Waals surface area (Å²) in [5.74, 6) is -0.883. The molecule has 0 saturated heterocycles. The fourth-order valence-corrected chi connectivity index (χ4v) is 4.61. The maximum absolute atomic E-state index is 13.3. The molecular formula is C22H23FN2O3S. The van der Waals surface area contributed by atoms with Crippen LogP contribution in [0.2, 0.25) is 0 Å². The van der Waals surface area contributed by atoms with Crippen molar-refractivity contribution in [3.8, 4) is 0 Å². The zero-order valence-corrected chi connectivity index (χ0v) is 17.1. The highest BCUT2D eigenvalue weighted by Gasteiger charge is 2.31. The summed E-state index contributed by atoms with van der Waals surface area (Å²) in [5.41, 5.74) is 1.19. The minimum atomic E-state index is -3.75. The summed E-state index contributed by atoms with van der Waals surface area (Å²) in [6.07, 6.45) is 1.31. The van der Waals surface area contributed by atoms with Crippen molar-refractivity contribution in [3.05, 3.63) is 78.1 Å². The Morgan fingerprint density at radius 2 is 1.69 bits per heavy atom. The summed E-state index contributed by atoms with van der Waals surface area (Å²) in [6.45, 7) is 2.02. The summed E-state index contributed by atoms with van der Waals surface area (Å²) in [5, 5.41) is 4.95. The van der Waals surface area contributed by atoms with Crippen LogP contribution in [0.1, 0.15) is 18.9 Å². The summed E-state index contributed by atoms with van der Waals surface area (Å²) in [6, 6.07) is 17.8. The lowest BCUT2D eigenvalue weighted by Gasteiger charge is -2.30. The highest BCUT2D eigenvalue weighted by atomic mass is 32.2. The minimum absolute atomic E-state index is 0.251. The molecule has 0 fully saturated rings. The van der Waals surface area contributed by atoms with E-state index in [9.17, 15) is 17.6 Å². The first-order chi connectivity index (χ1) is 13.8. The number of anilines is 1. The number of carbonyl (C=O) groups is 1. The van der Waals surface area contributed by atoms with Gasteiger partial charge in [-0.2, -0.15) is 0 Å². The molecule has 1 atom stereocenters. The van der Waals surface area contributed by atoms with Crippen LogP contribution in [-0.4, -0.2) is 26.6 Å². The van der Waals surface area contributed by atoms with Gasteiger partial charge in [0.1, 0.15) is 11.9 Å². The van der Waals surface area contributed by atoms with Gasteiger partial charge in [-0.25, -0.2) is 12.8 Å². The van der Waals surface area contributed by atoms with Gasteiger partial charge in [0.15, 0.2) is 0 Å². The van der Waals surface area contributed by atoms with Crippen molar-refractivity contribution in [3.63, 3.8) is 0 Å².